The van der Waals surface area contributed by atoms with Crippen LogP contribution in [-0.4, -0.2) is 118 Å². The van der Waals surface area contributed by atoms with Crippen molar-refractivity contribution in [3.8, 4) is 22.4 Å². The molecule has 16 heteroatoms. The molecule has 2 saturated heterocycles. The molecule has 2 aliphatic rings. The zero-order chi connectivity index (χ0) is 44.3. The second kappa shape index (κ2) is 18.7. The number of aromatic nitrogens is 4. The lowest BCUT2D eigenvalue weighted by atomic mass is 9.82. The van der Waals surface area contributed by atoms with E-state index >= 15 is 0 Å². The monoisotopic (exact) mass is 890 g/mol. The van der Waals surface area contributed by atoms with Crippen molar-refractivity contribution >= 4 is 49.3 Å². The SMILES string of the molecule is C=C(OCC)c1c(C2CC3CS(=O)(=O)CC(C2)N3C(=O)OC(C)(C)C)nc2c(-c3ccc(-c4ccccc4)nc3)cnn2c1N(COCC[Si](C)(C)C)COCC[Si](C)(C)C. The van der Waals surface area contributed by atoms with Crippen LogP contribution in [0.3, 0.4) is 0 Å². The van der Waals surface area contributed by atoms with E-state index in [1.165, 1.54) is 0 Å². The predicted molar refractivity (Wildman–Crippen MR) is 249 cm³/mol. The molecule has 6 rings (SSSR count). The van der Waals surface area contributed by atoms with Gasteiger partial charge in [-0.3, -0.25) is 4.98 Å². The summed E-state index contributed by atoms with van der Waals surface area (Å²) in [4.78, 5) is 27.8. The molecule has 13 nitrogen and oxygen atoms in total. The zero-order valence-electron chi connectivity index (χ0n) is 37.9. The Balaban J connectivity index is 1.52. The predicted octanol–water partition coefficient (Wildman–Crippen LogP) is 9.18. The Kier molecular flexibility index (Phi) is 14.2. The quantitative estimate of drug-likeness (QED) is 0.0434. The molecule has 332 valence electrons. The first-order valence-corrected chi connectivity index (χ1v) is 30.7. The lowest BCUT2D eigenvalue weighted by Gasteiger charge is -2.48. The fourth-order valence-electron chi connectivity index (χ4n) is 7.96. The van der Waals surface area contributed by atoms with Gasteiger partial charge in [0.25, 0.3) is 0 Å². The number of sulfone groups is 1. The van der Waals surface area contributed by atoms with Gasteiger partial charge in [0.15, 0.2) is 15.5 Å². The Morgan fingerprint density at radius 3 is 2.02 bits per heavy atom. The molecule has 61 heavy (non-hydrogen) atoms. The summed E-state index contributed by atoms with van der Waals surface area (Å²) < 4.78 is 53.5. The molecule has 2 bridgehead atoms. The van der Waals surface area contributed by atoms with Gasteiger partial charge in [0, 0.05) is 70.3 Å². The Morgan fingerprint density at radius 2 is 1.49 bits per heavy atom. The minimum absolute atomic E-state index is 0.157. The summed E-state index contributed by atoms with van der Waals surface area (Å²) in [6, 6.07) is 14.8. The van der Waals surface area contributed by atoms with Crippen LogP contribution in [0.4, 0.5) is 10.6 Å². The standard InChI is InChI=1S/C45H66N6O7SSi2/c1-12-57-32(2)40-41(35-24-36-28-59(53,54)29-37(25-35)50(36)44(52)58-45(3,4)5)48-42-38(34-18-19-39(46-26-34)33-16-14-13-15-17-33)27-47-51(42)43(40)49(30-55-20-22-60(6,7)8)31-56-21-23-61(9,10)11/h13-19,26-27,35-37H,2,12,20-25,28-31H2,1,3-11H3. The molecule has 1 amide bonds. The van der Waals surface area contributed by atoms with Gasteiger partial charge in [-0.05, 0) is 58.7 Å². The molecule has 0 radical (unpaired) electrons. The molecule has 0 aliphatic carbocycles. The largest absolute Gasteiger partial charge is 0.494 e. The highest BCUT2D eigenvalue weighted by Crippen LogP contribution is 2.44. The van der Waals surface area contributed by atoms with E-state index in [1.807, 2.05) is 87.1 Å². The van der Waals surface area contributed by atoms with Gasteiger partial charge in [-0.15, -0.1) is 0 Å². The maximum atomic E-state index is 13.7. The summed E-state index contributed by atoms with van der Waals surface area (Å²) in [6.07, 6.45) is 3.85. The second-order valence-corrected chi connectivity index (χ2v) is 33.2. The number of carbonyl (C=O) groups excluding carboxylic acids is 1. The minimum Gasteiger partial charge on any atom is -0.494 e. The summed E-state index contributed by atoms with van der Waals surface area (Å²) >= 11 is 0. The van der Waals surface area contributed by atoms with Crippen LogP contribution in [0.5, 0.6) is 0 Å². The number of pyridine rings is 1. The van der Waals surface area contributed by atoms with Crippen molar-refractivity contribution in [1.29, 1.82) is 0 Å². The van der Waals surface area contributed by atoms with Crippen molar-refractivity contribution in [1.82, 2.24) is 24.5 Å². The molecule has 2 atom stereocenters. The number of fused-ring (bicyclic) bond motifs is 3. The number of ether oxygens (including phenoxy) is 4. The Bertz CT molecular complexity index is 2220. The Morgan fingerprint density at radius 1 is 0.885 bits per heavy atom. The van der Waals surface area contributed by atoms with Crippen LogP contribution in [0.2, 0.25) is 51.4 Å². The van der Waals surface area contributed by atoms with Crippen LogP contribution in [0.15, 0.2) is 61.4 Å². The third kappa shape index (κ3) is 11.9. The Hall–Kier alpha value is -4.10. The Labute approximate surface area is 364 Å². The molecule has 0 N–H and O–H groups in total. The average Bonchev–Trinajstić information content (AvgIpc) is 3.58. The summed E-state index contributed by atoms with van der Waals surface area (Å²) in [5, 5.41) is 5.01. The fourth-order valence-corrected chi connectivity index (χ4v) is 11.4. The molecular weight excluding hydrogens is 825 g/mol. The van der Waals surface area contributed by atoms with Crippen molar-refractivity contribution in [3.63, 3.8) is 0 Å². The lowest BCUT2D eigenvalue weighted by molar-refractivity contribution is -0.00381. The molecule has 0 spiro atoms. The first-order chi connectivity index (χ1) is 28.6. The van der Waals surface area contributed by atoms with Crippen LogP contribution >= 0.6 is 0 Å². The smallest absolute Gasteiger partial charge is 0.410 e. The normalized spacial score (nSPS) is 19.2. The number of hydrogen-bond acceptors (Lipinski definition) is 11. The molecule has 2 aliphatic heterocycles. The maximum Gasteiger partial charge on any atom is 0.410 e. The van der Waals surface area contributed by atoms with E-state index in [4.69, 9.17) is 34.0 Å². The van der Waals surface area contributed by atoms with Crippen molar-refractivity contribution in [2.75, 3.05) is 49.7 Å². The maximum absolute atomic E-state index is 13.7. The van der Waals surface area contributed by atoms with E-state index in [-0.39, 0.29) is 30.9 Å². The summed E-state index contributed by atoms with van der Waals surface area (Å²) in [5.74, 6) is 0.482. The fraction of sp³-hybridized carbons (Fsp3) is 0.556. The third-order valence-electron chi connectivity index (χ3n) is 11.0. The molecule has 2 unspecified atom stereocenters. The van der Waals surface area contributed by atoms with Gasteiger partial charge < -0.3 is 28.7 Å². The summed E-state index contributed by atoms with van der Waals surface area (Å²) in [6.45, 7) is 27.8. The van der Waals surface area contributed by atoms with Crippen molar-refractivity contribution < 1.29 is 32.2 Å². The molecular formula is C45H66N6O7SSi2. The van der Waals surface area contributed by atoms with Gasteiger partial charge in [-0.25, -0.2) is 18.2 Å². The van der Waals surface area contributed by atoms with Gasteiger partial charge in [-0.2, -0.15) is 9.61 Å². The number of benzene rings is 1. The number of anilines is 1. The van der Waals surface area contributed by atoms with Crippen molar-refractivity contribution in [3.05, 3.63) is 72.7 Å². The topological polar surface area (TPSA) is 138 Å². The summed E-state index contributed by atoms with van der Waals surface area (Å²) in [5.41, 5.74) is 4.67. The summed E-state index contributed by atoms with van der Waals surface area (Å²) in [7, 11) is -6.23. The minimum atomic E-state index is -3.42. The number of carbonyl (C=O) groups is 1. The second-order valence-electron chi connectivity index (χ2n) is 19.8. The van der Waals surface area contributed by atoms with E-state index in [9.17, 15) is 13.2 Å². The van der Waals surface area contributed by atoms with Crippen LogP contribution in [0.1, 0.15) is 57.7 Å². The van der Waals surface area contributed by atoms with Gasteiger partial charge in [0.1, 0.15) is 30.6 Å². The molecule has 4 aromatic rings. The van der Waals surface area contributed by atoms with E-state index < -0.39 is 49.8 Å². The zero-order valence-corrected chi connectivity index (χ0v) is 40.7. The molecule has 2 fully saturated rings. The first-order valence-electron chi connectivity index (χ1n) is 21.5. The number of piperidine rings is 1. The van der Waals surface area contributed by atoms with Crippen LogP contribution in [-0.2, 0) is 28.8 Å². The van der Waals surface area contributed by atoms with E-state index in [2.05, 4.69) is 50.8 Å². The van der Waals surface area contributed by atoms with Crippen LogP contribution < -0.4 is 4.90 Å². The lowest BCUT2D eigenvalue weighted by Crippen LogP contribution is -2.61. The van der Waals surface area contributed by atoms with Gasteiger partial charge in [0.05, 0.1) is 41.3 Å². The van der Waals surface area contributed by atoms with E-state index in [1.54, 1.807) is 4.90 Å². The molecule has 0 saturated carbocycles. The highest BCUT2D eigenvalue weighted by atomic mass is 32.2. The van der Waals surface area contributed by atoms with Gasteiger partial charge in [-0.1, -0.05) is 82.3 Å². The molecule has 3 aromatic heterocycles. The van der Waals surface area contributed by atoms with Crippen molar-refractivity contribution in [2.45, 2.75) is 116 Å². The highest BCUT2D eigenvalue weighted by Gasteiger charge is 2.49. The first kappa shape index (κ1) is 46.4. The van der Waals surface area contributed by atoms with Crippen molar-refractivity contribution in [2.24, 2.45) is 0 Å². The van der Waals surface area contributed by atoms with Gasteiger partial charge in [0.2, 0.25) is 0 Å². The van der Waals surface area contributed by atoms with Crippen LogP contribution in [0, 0.1) is 0 Å². The highest BCUT2D eigenvalue weighted by molar-refractivity contribution is 7.91. The van der Waals surface area contributed by atoms with E-state index in [0.717, 1.165) is 34.5 Å². The number of amides is 1. The number of hydrogen-bond donors (Lipinski definition) is 0. The third-order valence-corrected chi connectivity index (χ3v) is 16.2. The van der Waals surface area contributed by atoms with E-state index in [0.29, 0.717) is 61.1 Å². The van der Waals surface area contributed by atoms with Gasteiger partial charge >= 0.3 is 6.09 Å². The molecule has 1 aromatic carbocycles. The van der Waals surface area contributed by atoms with Crippen LogP contribution in [0.25, 0.3) is 33.8 Å². The average molecular weight is 891 g/mol. The number of rotatable bonds is 17. The molecule has 5 heterocycles. The number of nitrogens with zero attached hydrogens (tertiary/aromatic N) is 6.